The molecule has 0 bridgehead atoms. The monoisotopic (exact) mass is 219 g/mol. The predicted molar refractivity (Wildman–Crippen MR) is 65.1 cm³/mol. The van der Waals surface area contributed by atoms with Crippen LogP contribution in [0.1, 0.15) is 6.42 Å². The third kappa shape index (κ3) is 4.95. The van der Waals surface area contributed by atoms with Crippen molar-refractivity contribution >= 4 is 16.5 Å². The van der Waals surface area contributed by atoms with Gasteiger partial charge in [0.1, 0.15) is 16.5 Å². The number of rotatable bonds is 5. The van der Waals surface area contributed by atoms with Gasteiger partial charge < -0.3 is 9.34 Å². The molecule has 0 aliphatic rings. The Morgan fingerprint density at radius 2 is 1.31 bits per heavy atom. The van der Waals surface area contributed by atoms with Crippen molar-refractivity contribution in [3.05, 3.63) is 0 Å². The first kappa shape index (κ1) is 13.4. The average molecular weight is 219 g/mol. The molecule has 4 heteroatoms. The van der Waals surface area contributed by atoms with E-state index in [1.807, 2.05) is 0 Å². The Hall–Kier alpha value is 0.354. The first-order valence-corrected chi connectivity index (χ1v) is 12.0. The van der Waals surface area contributed by atoms with E-state index in [2.05, 4.69) is 43.5 Å². The second kappa shape index (κ2) is 4.73. The molecule has 0 aromatic heterocycles. The highest BCUT2D eigenvalue weighted by molar-refractivity contribution is 6.89. The molecule has 80 valence electrons. The van der Waals surface area contributed by atoms with Crippen LogP contribution < -0.4 is 0 Å². The molecule has 0 aromatic rings. The summed E-state index contributed by atoms with van der Waals surface area (Å²) in [5.41, 5.74) is 0. The van der Waals surface area contributed by atoms with E-state index in [1.54, 1.807) is 0 Å². The first-order valence-electron chi connectivity index (χ1n) is 5.08. The van der Waals surface area contributed by atoms with Gasteiger partial charge in [-0.25, -0.2) is 0 Å². The minimum atomic E-state index is -1.18. The van der Waals surface area contributed by atoms with Crippen LogP contribution in [0, 0.1) is 0 Å². The van der Waals surface area contributed by atoms with Crippen molar-refractivity contribution in [1.29, 1.82) is 0 Å². The van der Waals surface area contributed by atoms with E-state index in [4.69, 9.17) is 5.11 Å². The third-order valence-corrected chi connectivity index (χ3v) is 9.87. The Bertz CT molecular complexity index is 135. The quantitative estimate of drug-likeness (QED) is 0.718. The zero-order valence-electron chi connectivity index (χ0n) is 10.0. The van der Waals surface area contributed by atoms with E-state index < -0.39 is 16.5 Å². The molecule has 0 aliphatic carbocycles. The van der Waals surface area contributed by atoms with E-state index in [9.17, 15) is 0 Å². The normalized spacial score (nSPS) is 13.8. The van der Waals surface area contributed by atoms with Crippen molar-refractivity contribution < 1.29 is 5.11 Å². The van der Waals surface area contributed by atoms with Crippen LogP contribution in [0.4, 0.5) is 0 Å². The van der Waals surface area contributed by atoms with Gasteiger partial charge in [-0.15, -0.1) is 0 Å². The molecule has 2 nitrogen and oxygen atoms in total. The zero-order valence-corrected chi connectivity index (χ0v) is 12.0. The first-order chi connectivity index (χ1) is 5.69. The average Bonchev–Trinajstić information content (AvgIpc) is 1.81. The van der Waals surface area contributed by atoms with Crippen LogP contribution in [0.2, 0.25) is 39.3 Å². The van der Waals surface area contributed by atoms with Crippen LogP contribution in [-0.4, -0.2) is 39.0 Å². The maximum absolute atomic E-state index is 8.85. The lowest BCUT2D eigenvalue weighted by Gasteiger charge is -2.43. The van der Waals surface area contributed by atoms with Gasteiger partial charge in [0.2, 0.25) is 0 Å². The molecule has 0 radical (unpaired) electrons. The van der Waals surface area contributed by atoms with Crippen molar-refractivity contribution in [3.8, 4) is 0 Å². The number of aliphatic hydroxyl groups is 1. The highest BCUT2D eigenvalue weighted by Crippen LogP contribution is 2.19. The molecule has 0 spiro atoms. The number of hydrogen-bond donors (Lipinski definition) is 1. The molecule has 0 saturated carbocycles. The molecule has 0 saturated heterocycles. The smallest absolute Gasteiger partial charge is 0.112 e. The Kier molecular flexibility index (Phi) is 4.86. The van der Waals surface area contributed by atoms with Crippen LogP contribution in [0.5, 0.6) is 0 Å². The van der Waals surface area contributed by atoms with Crippen molar-refractivity contribution in [3.63, 3.8) is 0 Å². The lowest BCUT2D eigenvalue weighted by Crippen LogP contribution is -2.59. The largest absolute Gasteiger partial charge is 0.396 e. The predicted octanol–water partition coefficient (Wildman–Crippen LogP) is 2.34. The molecule has 0 aliphatic heterocycles. The van der Waals surface area contributed by atoms with E-state index in [1.165, 1.54) is 0 Å². The maximum atomic E-state index is 8.85. The Morgan fingerprint density at radius 1 is 0.923 bits per heavy atom. The van der Waals surface area contributed by atoms with Gasteiger partial charge in [0.25, 0.3) is 0 Å². The maximum Gasteiger partial charge on any atom is 0.112 e. The summed E-state index contributed by atoms with van der Waals surface area (Å²) in [7, 11) is -2.35. The summed E-state index contributed by atoms with van der Waals surface area (Å²) in [6.07, 6.45) is 0.925. The van der Waals surface area contributed by atoms with E-state index in [0.717, 1.165) is 13.0 Å². The second-order valence-electron chi connectivity index (χ2n) is 5.57. The molecule has 0 aromatic carbocycles. The Morgan fingerprint density at radius 3 is 1.54 bits per heavy atom. The SMILES string of the molecule is C[Si](C)(C)N(CCCO)[Si](C)(C)C. The van der Waals surface area contributed by atoms with E-state index >= 15 is 0 Å². The summed E-state index contributed by atoms with van der Waals surface area (Å²) in [6, 6.07) is 0. The van der Waals surface area contributed by atoms with Crippen molar-refractivity contribution in [2.24, 2.45) is 0 Å². The summed E-state index contributed by atoms with van der Waals surface area (Å²) in [5.74, 6) is 0. The molecule has 0 amide bonds. The fourth-order valence-corrected chi connectivity index (χ4v) is 11.6. The van der Waals surface area contributed by atoms with Gasteiger partial charge in [-0.3, -0.25) is 0 Å². The highest BCUT2D eigenvalue weighted by atomic mass is 28.4. The molecular weight excluding hydrogens is 194 g/mol. The van der Waals surface area contributed by atoms with Crippen LogP contribution >= 0.6 is 0 Å². The van der Waals surface area contributed by atoms with Gasteiger partial charge >= 0.3 is 0 Å². The van der Waals surface area contributed by atoms with Gasteiger partial charge in [0, 0.05) is 6.61 Å². The van der Waals surface area contributed by atoms with Gasteiger partial charge in [-0.1, -0.05) is 39.3 Å². The molecule has 1 N–H and O–H groups in total. The second-order valence-corrected chi connectivity index (χ2v) is 15.8. The van der Waals surface area contributed by atoms with Gasteiger partial charge in [0.15, 0.2) is 0 Å². The number of nitrogens with zero attached hydrogens (tertiary/aromatic N) is 1. The van der Waals surface area contributed by atoms with Crippen LogP contribution in [0.15, 0.2) is 0 Å². The lowest BCUT2D eigenvalue weighted by atomic mass is 10.5. The molecule has 0 atom stereocenters. The number of aliphatic hydroxyl groups excluding tert-OH is 1. The summed E-state index contributed by atoms with van der Waals surface area (Å²) >= 11 is 0. The standard InChI is InChI=1S/C9H25NOSi2/c1-12(2,3)10(8-7-9-11)13(4,5)6/h11H,7-9H2,1-6H3. The Labute approximate surface area is 85.1 Å². The summed E-state index contributed by atoms with van der Waals surface area (Å²) < 4.78 is 2.70. The zero-order chi connectivity index (χ0) is 10.7. The van der Waals surface area contributed by atoms with Crippen molar-refractivity contribution in [2.45, 2.75) is 45.7 Å². The van der Waals surface area contributed by atoms with E-state index in [-0.39, 0.29) is 0 Å². The van der Waals surface area contributed by atoms with E-state index in [0.29, 0.717) is 6.61 Å². The third-order valence-electron chi connectivity index (χ3n) is 2.16. The van der Waals surface area contributed by atoms with Crippen LogP contribution in [-0.2, 0) is 0 Å². The van der Waals surface area contributed by atoms with Gasteiger partial charge in [0.05, 0.1) is 0 Å². The summed E-state index contributed by atoms with van der Waals surface area (Å²) in [4.78, 5) is 0. The minimum absolute atomic E-state index is 0.325. The topological polar surface area (TPSA) is 23.5 Å². The number of hydrogen-bond acceptors (Lipinski definition) is 2. The molecular formula is C9H25NOSi2. The minimum Gasteiger partial charge on any atom is -0.396 e. The fourth-order valence-electron chi connectivity index (χ4n) is 1.91. The van der Waals surface area contributed by atoms with Crippen LogP contribution in [0.25, 0.3) is 0 Å². The Balaban J connectivity index is 4.39. The summed E-state index contributed by atoms with van der Waals surface area (Å²) in [6.45, 7) is 15.8. The van der Waals surface area contributed by atoms with Gasteiger partial charge in [-0.2, -0.15) is 0 Å². The van der Waals surface area contributed by atoms with Gasteiger partial charge in [-0.05, 0) is 13.0 Å². The molecule has 0 heterocycles. The molecule has 0 fully saturated rings. The molecule has 0 rings (SSSR count). The van der Waals surface area contributed by atoms with Crippen molar-refractivity contribution in [1.82, 2.24) is 4.23 Å². The lowest BCUT2D eigenvalue weighted by molar-refractivity contribution is 0.281. The molecule has 0 unspecified atom stereocenters. The van der Waals surface area contributed by atoms with Crippen molar-refractivity contribution in [2.75, 3.05) is 13.2 Å². The fraction of sp³-hybridized carbons (Fsp3) is 1.00. The molecule has 13 heavy (non-hydrogen) atoms. The summed E-state index contributed by atoms with van der Waals surface area (Å²) in [5, 5.41) is 8.85. The van der Waals surface area contributed by atoms with Crippen LogP contribution in [0.3, 0.4) is 0 Å². The highest BCUT2D eigenvalue weighted by Gasteiger charge is 2.33.